The molecule has 0 aromatic carbocycles. The molecule has 1 rings (SSSR count). The molecule has 0 radical (unpaired) electrons. The Morgan fingerprint density at radius 3 is 2.11 bits per heavy atom. The smallest absolute Gasteiger partial charge is 0.192 e. The summed E-state index contributed by atoms with van der Waals surface area (Å²) >= 11 is 0. The van der Waals surface area contributed by atoms with Crippen molar-refractivity contribution < 1.29 is 4.43 Å². The van der Waals surface area contributed by atoms with Crippen molar-refractivity contribution in [2.24, 2.45) is 0 Å². The van der Waals surface area contributed by atoms with Crippen LogP contribution in [0.15, 0.2) is 0 Å². The molecule has 0 amide bonds. The van der Waals surface area contributed by atoms with Gasteiger partial charge < -0.3 is 15.1 Å². The fraction of sp³-hybridized carbons (Fsp3) is 0.929. The average molecular weight is 286 g/mol. The van der Waals surface area contributed by atoms with E-state index in [-0.39, 0.29) is 5.04 Å². The van der Waals surface area contributed by atoms with Gasteiger partial charge in [-0.05, 0) is 43.8 Å². The molecule has 4 nitrogen and oxygen atoms in total. The Bertz CT molecular complexity index is 304. The molecule has 19 heavy (non-hydrogen) atoms. The SMILES string of the molecule is CNC(=N)NC1CCC(O[Si](C)(C)C(C)(C)C)CC1. The lowest BCUT2D eigenvalue weighted by molar-refractivity contribution is 0.127. The maximum Gasteiger partial charge on any atom is 0.192 e. The van der Waals surface area contributed by atoms with Gasteiger partial charge in [-0.3, -0.25) is 5.41 Å². The Morgan fingerprint density at radius 1 is 1.16 bits per heavy atom. The number of hydrogen-bond donors (Lipinski definition) is 3. The van der Waals surface area contributed by atoms with Crippen LogP contribution >= 0.6 is 0 Å². The third-order valence-corrected chi connectivity index (χ3v) is 9.08. The van der Waals surface area contributed by atoms with E-state index in [0.29, 0.717) is 18.1 Å². The lowest BCUT2D eigenvalue weighted by Gasteiger charge is -2.41. The highest BCUT2D eigenvalue weighted by molar-refractivity contribution is 6.74. The quantitative estimate of drug-likeness (QED) is 0.424. The van der Waals surface area contributed by atoms with E-state index in [2.05, 4.69) is 44.5 Å². The second-order valence-electron chi connectivity index (χ2n) is 7.12. The summed E-state index contributed by atoms with van der Waals surface area (Å²) in [5.74, 6) is 0.425. The Balaban J connectivity index is 2.40. The first-order valence-electron chi connectivity index (χ1n) is 7.36. The minimum atomic E-state index is -1.63. The van der Waals surface area contributed by atoms with Crippen LogP contribution < -0.4 is 10.6 Å². The van der Waals surface area contributed by atoms with E-state index in [4.69, 9.17) is 9.84 Å². The highest BCUT2D eigenvalue weighted by atomic mass is 28.4. The van der Waals surface area contributed by atoms with Crippen molar-refractivity contribution >= 4 is 14.3 Å². The molecular formula is C14H31N3OSi. The molecule has 0 saturated heterocycles. The summed E-state index contributed by atoms with van der Waals surface area (Å²) in [7, 11) is 0.151. The van der Waals surface area contributed by atoms with Gasteiger partial charge in [0.05, 0.1) is 0 Å². The summed E-state index contributed by atoms with van der Waals surface area (Å²) in [6.45, 7) is 11.5. The molecule has 0 aromatic heterocycles. The van der Waals surface area contributed by atoms with Gasteiger partial charge in [-0.25, -0.2) is 0 Å². The van der Waals surface area contributed by atoms with Gasteiger partial charge in [0, 0.05) is 19.2 Å². The number of rotatable bonds is 3. The lowest BCUT2D eigenvalue weighted by Crippen LogP contribution is -2.47. The molecule has 112 valence electrons. The van der Waals surface area contributed by atoms with Gasteiger partial charge in [-0.2, -0.15) is 0 Å². The van der Waals surface area contributed by atoms with E-state index in [9.17, 15) is 0 Å². The summed E-state index contributed by atoms with van der Waals surface area (Å²) in [5.41, 5.74) is 0. The van der Waals surface area contributed by atoms with Crippen molar-refractivity contribution in [1.82, 2.24) is 10.6 Å². The maximum atomic E-state index is 7.60. The molecule has 0 bridgehead atoms. The van der Waals surface area contributed by atoms with Crippen LogP contribution in [0.25, 0.3) is 0 Å². The molecule has 0 aliphatic heterocycles. The van der Waals surface area contributed by atoms with Crippen LogP contribution in [0.3, 0.4) is 0 Å². The van der Waals surface area contributed by atoms with E-state index < -0.39 is 8.32 Å². The molecule has 3 N–H and O–H groups in total. The highest BCUT2D eigenvalue weighted by Gasteiger charge is 2.39. The molecule has 1 fully saturated rings. The number of guanidine groups is 1. The molecule has 1 aliphatic rings. The molecule has 0 atom stereocenters. The van der Waals surface area contributed by atoms with Crippen molar-refractivity contribution in [1.29, 1.82) is 5.41 Å². The van der Waals surface area contributed by atoms with Crippen molar-refractivity contribution in [3.8, 4) is 0 Å². The van der Waals surface area contributed by atoms with Crippen molar-refractivity contribution in [2.45, 2.75) is 76.7 Å². The second-order valence-corrected chi connectivity index (χ2v) is 11.9. The van der Waals surface area contributed by atoms with Gasteiger partial charge in [0.15, 0.2) is 14.3 Å². The van der Waals surface area contributed by atoms with Crippen molar-refractivity contribution in [2.75, 3.05) is 7.05 Å². The van der Waals surface area contributed by atoms with Gasteiger partial charge in [-0.1, -0.05) is 20.8 Å². The Hall–Kier alpha value is -0.553. The average Bonchev–Trinajstić information content (AvgIpc) is 2.29. The second kappa shape index (κ2) is 6.26. The summed E-state index contributed by atoms with van der Waals surface area (Å²) in [6.07, 6.45) is 4.84. The van der Waals surface area contributed by atoms with Crippen molar-refractivity contribution in [3.05, 3.63) is 0 Å². The van der Waals surface area contributed by atoms with Gasteiger partial charge in [-0.15, -0.1) is 0 Å². The molecular weight excluding hydrogens is 254 g/mol. The predicted octanol–water partition coefficient (Wildman–Crippen LogP) is 3.06. The van der Waals surface area contributed by atoms with Gasteiger partial charge >= 0.3 is 0 Å². The van der Waals surface area contributed by atoms with Crippen LogP contribution in [0, 0.1) is 5.41 Å². The van der Waals surface area contributed by atoms with Crippen LogP contribution in [0.5, 0.6) is 0 Å². The predicted molar refractivity (Wildman–Crippen MR) is 84.2 cm³/mol. The van der Waals surface area contributed by atoms with Gasteiger partial charge in [0.1, 0.15) is 0 Å². The minimum Gasteiger partial charge on any atom is -0.414 e. The molecule has 0 aromatic rings. The first-order chi connectivity index (χ1) is 8.65. The molecule has 0 spiro atoms. The van der Waals surface area contributed by atoms with Gasteiger partial charge in [0.25, 0.3) is 0 Å². The largest absolute Gasteiger partial charge is 0.414 e. The zero-order valence-corrected chi connectivity index (χ0v) is 14.4. The molecule has 0 heterocycles. The van der Waals surface area contributed by atoms with Crippen molar-refractivity contribution in [3.63, 3.8) is 0 Å². The van der Waals surface area contributed by atoms with Crippen LogP contribution in [-0.4, -0.2) is 33.5 Å². The third-order valence-electron chi connectivity index (χ3n) is 4.54. The first-order valence-corrected chi connectivity index (χ1v) is 10.3. The van der Waals surface area contributed by atoms with E-state index >= 15 is 0 Å². The Labute approximate surface area is 119 Å². The third kappa shape index (κ3) is 4.80. The fourth-order valence-corrected chi connectivity index (χ4v) is 3.62. The summed E-state index contributed by atoms with van der Waals surface area (Å²) < 4.78 is 6.46. The highest BCUT2D eigenvalue weighted by Crippen LogP contribution is 2.39. The van der Waals surface area contributed by atoms with Crippen LogP contribution in [0.2, 0.25) is 18.1 Å². The van der Waals surface area contributed by atoms with Gasteiger partial charge in [0.2, 0.25) is 0 Å². The fourth-order valence-electron chi connectivity index (χ4n) is 2.19. The number of hydrogen-bond acceptors (Lipinski definition) is 2. The minimum absolute atomic E-state index is 0.288. The van der Waals surface area contributed by atoms with E-state index in [1.54, 1.807) is 7.05 Å². The number of nitrogens with one attached hydrogen (secondary N) is 3. The maximum absolute atomic E-state index is 7.60. The molecule has 1 saturated carbocycles. The molecule has 0 unspecified atom stereocenters. The standard InChI is InChI=1S/C14H31N3OSi/c1-14(2,3)19(5,6)18-12-9-7-11(8-10-12)17-13(15)16-4/h11-12H,7-10H2,1-6H3,(H3,15,16,17). The van der Waals surface area contributed by atoms with Crippen LogP contribution in [0.1, 0.15) is 46.5 Å². The van der Waals surface area contributed by atoms with E-state index in [1.807, 2.05) is 0 Å². The monoisotopic (exact) mass is 285 g/mol. The van der Waals surface area contributed by atoms with Crippen LogP contribution in [0.4, 0.5) is 0 Å². The summed E-state index contributed by atoms with van der Waals surface area (Å²) in [4.78, 5) is 0. The first kappa shape index (κ1) is 16.5. The summed E-state index contributed by atoms with van der Waals surface area (Å²) in [5, 5.41) is 13.9. The van der Waals surface area contributed by atoms with E-state index in [1.165, 1.54) is 0 Å². The van der Waals surface area contributed by atoms with E-state index in [0.717, 1.165) is 25.7 Å². The van der Waals surface area contributed by atoms with Crippen LogP contribution in [-0.2, 0) is 4.43 Å². The Morgan fingerprint density at radius 2 is 1.68 bits per heavy atom. The zero-order chi connectivity index (χ0) is 14.7. The normalized spacial score (nSPS) is 24.9. The molecule has 1 aliphatic carbocycles. The molecule has 5 heteroatoms. The zero-order valence-electron chi connectivity index (χ0n) is 13.4. The topological polar surface area (TPSA) is 57.1 Å². The summed E-state index contributed by atoms with van der Waals surface area (Å²) in [6, 6.07) is 0.430. The lowest BCUT2D eigenvalue weighted by atomic mass is 9.93. The Kier molecular flexibility index (Phi) is 5.44.